The van der Waals surface area contributed by atoms with Crippen molar-refractivity contribution in [2.75, 3.05) is 20.4 Å². The van der Waals surface area contributed by atoms with E-state index >= 15 is 0 Å². The van der Waals surface area contributed by atoms with Gasteiger partial charge in [-0.3, -0.25) is 0 Å². The van der Waals surface area contributed by atoms with Crippen LogP contribution in [0.5, 0.6) is 0 Å². The highest BCUT2D eigenvalue weighted by molar-refractivity contribution is 7.84. The molecule has 0 saturated carbocycles. The Hall–Kier alpha value is -0.410. The third-order valence-corrected chi connectivity index (χ3v) is 5.04. The van der Waals surface area contributed by atoms with Crippen LogP contribution in [0.2, 0.25) is 0 Å². The van der Waals surface area contributed by atoms with Crippen molar-refractivity contribution in [2.24, 2.45) is 0 Å². The van der Waals surface area contributed by atoms with Gasteiger partial charge >= 0.3 is 0 Å². The number of terminal acetylenes is 1. The molecule has 0 N–H and O–H groups in total. The quantitative estimate of drug-likeness (QED) is 0.573. The van der Waals surface area contributed by atoms with E-state index in [0.717, 1.165) is 25.8 Å². The number of rotatable bonds is 5. The van der Waals surface area contributed by atoms with E-state index in [1.807, 2.05) is 25.1 Å². The molecule has 1 aliphatic rings. The Kier molecular flexibility index (Phi) is 6.48. The first-order valence-electron chi connectivity index (χ1n) is 6.67. The lowest BCUT2D eigenvalue weighted by molar-refractivity contribution is -0.0734. The van der Waals surface area contributed by atoms with Crippen LogP contribution in [0, 0.1) is 12.3 Å². The minimum absolute atomic E-state index is 0.00829. The topological polar surface area (TPSA) is 38.8 Å². The molecule has 0 aliphatic carbocycles. The SMILES string of the molecule is C#C[C@H](OCOC)[C@H]1CCCCN1[S@@](=O)C(C)(C)C. The first-order chi connectivity index (χ1) is 8.91. The molecule has 0 spiro atoms. The van der Waals surface area contributed by atoms with Crippen LogP contribution in [0.15, 0.2) is 0 Å². The van der Waals surface area contributed by atoms with Crippen LogP contribution in [0.3, 0.4) is 0 Å². The highest BCUT2D eigenvalue weighted by atomic mass is 32.2. The van der Waals surface area contributed by atoms with Gasteiger partial charge in [0.15, 0.2) is 0 Å². The molecule has 5 heteroatoms. The van der Waals surface area contributed by atoms with E-state index < -0.39 is 11.0 Å². The maximum atomic E-state index is 12.6. The van der Waals surface area contributed by atoms with E-state index in [9.17, 15) is 4.21 Å². The number of piperidine rings is 1. The normalized spacial score (nSPS) is 24.7. The smallest absolute Gasteiger partial charge is 0.148 e. The van der Waals surface area contributed by atoms with Crippen LogP contribution in [-0.2, 0) is 20.5 Å². The molecule has 4 nitrogen and oxygen atoms in total. The van der Waals surface area contributed by atoms with Crippen LogP contribution in [0.4, 0.5) is 0 Å². The van der Waals surface area contributed by atoms with E-state index in [2.05, 4.69) is 5.92 Å². The van der Waals surface area contributed by atoms with Crippen molar-refractivity contribution >= 4 is 11.0 Å². The van der Waals surface area contributed by atoms with Gasteiger partial charge in [0.2, 0.25) is 0 Å². The molecule has 19 heavy (non-hydrogen) atoms. The van der Waals surface area contributed by atoms with Crippen LogP contribution < -0.4 is 0 Å². The van der Waals surface area contributed by atoms with Gasteiger partial charge in [-0.05, 0) is 33.6 Å². The van der Waals surface area contributed by atoms with Crippen molar-refractivity contribution in [3.8, 4) is 12.3 Å². The maximum Gasteiger partial charge on any atom is 0.148 e. The lowest BCUT2D eigenvalue weighted by Crippen LogP contribution is -2.51. The summed E-state index contributed by atoms with van der Waals surface area (Å²) in [5.74, 6) is 2.66. The molecule has 1 fully saturated rings. The first kappa shape index (κ1) is 16.6. The summed E-state index contributed by atoms with van der Waals surface area (Å²) >= 11 is 0. The number of hydrogen-bond donors (Lipinski definition) is 0. The zero-order valence-corrected chi connectivity index (χ0v) is 13.2. The van der Waals surface area contributed by atoms with Crippen LogP contribution >= 0.6 is 0 Å². The number of methoxy groups -OCH3 is 1. The van der Waals surface area contributed by atoms with Gasteiger partial charge in [-0.25, -0.2) is 8.51 Å². The molecule has 0 aromatic carbocycles. The summed E-state index contributed by atoms with van der Waals surface area (Å²) in [5.41, 5.74) is 0. The Morgan fingerprint density at radius 1 is 1.47 bits per heavy atom. The van der Waals surface area contributed by atoms with Gasteiger partial charge in [0.05, 0.1) is 10.8 Å². The molecule has 0 bridgehead atoms. The van der Waals surface area contributed by atoms with Crippen molar-refractivity contribution in [3.63, 3.8) is 0 Å². The summed E-state index contributed by atoms with van der Waals surface area (Å²) in [6.45, 7) is 6.92. The van der Waals surface area contributed by atoms with Crippen molar-refractivity contribution < 1.29 is 13.7 Å². The van der Waals surface area contributed by atoms with Gasteiger partial charge in [0.25, 0.3) is 0 Å². The molecular weight excluding hydrogens is 262 g/mol. The predicted molar refractivity (Wildman–Crippen MR) is 77.8 cm³/mol. The fourth-order valence-corrected chi connectivity index (χ4v) is 3.66. The lowest BCUT2D eigenvalue weighted by atomic mass is 10.0. The molecule has 1 rings (SSSR count). The van der Waals surface area contributed by atoms with Gasteiger partial charge in [0.1, 0.15) is 23.9 Å². The average molecular weight is 287 g/mol. The van der Waals surface area contributed by atoms with Crippen molar-refractivity contribution in [1.82, 2.24) is 4.31 Å². The Labute approximate surface area is 119 Å². The lowest BCUT2D eigenvalue weighted by Gasteiger charge is -2.40. The number of ether oxygens (including phenoxy) is 2. The molecule has 0 amide bonds. The summed E-state index contributed by atoms with van der Waals surface area (Å²) in [6, 6.07) is 0.00829. The highest BCUT2D eigenvalue weighted by Crippen LogP contribution is 2.27. The summed E-state index contributed by atoms with van der Waals surface area (Å²) < 4.78 is 24.8. The molecule has 0 radical (unpaired) electrons. The Bertz CT molecular complexity index is 346. The molecule has 1 aliphatic heterocycles. The van der Waals surface area contributed by atoms with E-state index in [4.69, 9.17) is 15.9 Å². The molecule has 110 valence electrons. The summed E-state index contributed by atoms with van der Waals surface area (Å²) in [4.78, 5) is 0. The molecule has 0 aromatic heterocycles. The van der Waals surface area contributed by atoms with Crippen LogP contribution in [0.25, 0.3) is 0 Å². The maximum absolute atomic E-state index is 12.6. The molecule has 3 atom stereocenters. The standard InChI is InChI=1S/C14H25NO3S/c1-6-13(18-11-17-5)12-9-7-8-10-15(12)19(16)14(2,3)4/h1,12-13H,7-11H2,2-5H3/t12-,13+,19+/m1/s1. The van der Waals surface area contributed by atoms with Crippen molar-refractivity contribution in [3.05, 3.63) is 0 Å². The third kappa shape index (κ3) is 4.57. The van der Waals surface area contributed by atoms with Crippen molar-refractivity contribution in [1.29, 1.82) is 0 Å². The molecule has 1 heterocycles. The van der Waals surface area contributed by atoms with Gasteiger partial charge in [-0.15, -0.1) is 6.42 Å². The van der Waals surface area contributed by atoms with E-state index in [1.54, 1.807) is 7.11 Å². The summed E-state index contributed by atoms with van der Waals surface area (Å²) in [6.07, 6.45) is 8.26. The number of nitrogens with zero attached hydrogens (tertiary/aromatic N) is 1. The second-order valence-electron chi connectivity index (χ2n) is 5.73. The van der Waals surface area contributed by atoms with E-state index in [1.165, 1.54) is 0 Å². The van der Waals surface area contributed by atoms with Crippen molar-refractivity contribution in [2.45, 2.75) is 56.9 Å². The van der Waals surface area contributed by atoms with Gasteiger partial charge in [-0.2, -0.15) is 0 Å². The summed E-state index contributed by atoms with van der Waals surface area (Å²) in [5, 5.41) is 0. The first-order valence-corrected chi connectivity index (χ1v) is 7.77. The predicted octanol–water partition coefficient (Wildman–Crippen LogP) is 1.93. The Balaban J connectivity index is 2.82. The zero-order chi connectivity index (χ0) is 14.5. The van der Waals surface area contributed by atoms with Gasteiger partial charge < -0.3 is 9.47 Å². The fourth-order valence-electron chi connectivity index (χ4n) is 2.20. The van der Waals surface area contributed by atoms with Gasteiger partial charge in [-0.1, -0.05) is 12.3 Å². The fraction of sp³-hybridized carbons (Fsp3) is 0.857. The molecule has 0 aromatic rings. The molecular formula is C14H25NO3S. The van der Waals surface area contributed by atoms with Crippen LogP contribution in [0.1, 0.15) is 40.0 Å². The average Bonchev–Trinajstić information content (AvgIpc) is 2.38. The second kappa shape index (κ2) is 7.39. The van der Waals surface area contributed by atoms with E-state index in [-0.39, 0.29) is 23.7 Å². The highest BCUT2D eigenvalue weighted by Gasteiger charge is 2.37. The largest absolute Gasteiger partial charge is 0.359 e. The zero-order valence-electron chi connectivity index (χ0n) is 12.3. The third-order valence-electron chi connectivity index (χ3n) is 3.11. The van der Waals surface area contributed by atoms with E-state index in [0.29, 0.717) is 0 Å². The minimum Gasteiger partial charge on any atom is -0.359 e. The van der Waals surface area contributed by atoms with Crippen LogP contribution in [-0.4, -0.2) is 45.9 Å². The summed E-state index contributed by atoms with van der Waals surface area (Å²) in [7, 11) is 0.504. The molecule has 0 unspecified atom stereocenters. The monoisotopic (exact) mass is 287 g/mol. The number of hydrogen-bond acceptors (Lipinski definition) is 3. The Morgan fingerprint density at radius 3 is 2.68 bits per heavy atom. The Morgan fingerprint density at radius 2 is 2.16 bits per heavy atom. The second-order valence-corrected chi connectivity index (χ2v) is 7.92. The minimum atomic E-state index is -1.06. The van der Waals surface area contributed by atoms with Gasteiger partial charge in [0, 0.05) is 13.7 Å². The molecule has 1 saturated heterocycles.